The first kappa shape index (κ1) is 21.0. The van der Waals surface area contributed by atoms with E-state index in [1.165, 1.54) is 12.1 Å². The largest absolute Gasteiger partial charge is 0.457 e. The number of hydrogen-bond acceptors (Lipinski definition) is 3. The van der Waals surface area contributed by atoms with E-state index in [9.17, 15) is 14.0 Å². The van der Waals surface area contributed by atoms with Crippen LogP contribution < -0.4 is 4.74 Å². The van der Waals surface area contributed by atoms with Gasteiger partial charge in [0, 0.05) is 17.4 Å². The van der Waals surface area contributed by atoms with E-state index in [0.717, 1.165) is 18.4 Å². The number of carbonyl (C=O) groups is 2. The summed E-state index contributed by atoms with van der Waals surface area (Å²) in [7, 11) is 0. The number of ether oxygens (including phenoxy) is 1. The van der Waals surface area contributed by atoms with Crippen molar-refractivity contribution in [3.05, 3.63) is 58.4 Å². The molecule has 0 heterocycles. The van der Waals surface area contributed by atoms with Crippen LogP contribution in [0, 0.1) is 22.6 Å². The minimum atomic E-state index is -0.768. The highest BCUT2D eigenvalue weighted by Crippen LogP contribution is 2.62. The summed E-state index contributed by atoms with van der Waals surface area (Å²) in [5.41, 5.74) is 0.822. The van der Waals surface area contributed by atoms with Crippen LogP contribution in [0.1, 0.15) is 57.6 Å². The van der Waals surface area contributed by atoms with Crippen LogP contribution in [0.5, 0.6) is 11.5 Å². The Morgan fingerprint density at radius 2 is 1.77 bits per heavy atom. The summed E-state index contributed by atoms with van der Waals surface area (Å²) in [5, 5.41) is 0.0223. The molecule has 2 aromatic rings. The Labute approximate surface area is 181 Å². The normalized spacial score (nSPS) is 27.4. The lowest BCUT2D eigenvalue weighted by molar-refractivity contribution is -0.149. The molecule has 2 bridgehead atoms. The molecule has 2 fully saturated rings. The van der Waals surface area contributed by atoms with Crippen LogP contribution in [0.25, 0.3) is 0 Å². The number of ketones is 2. The smallest absolute Gasteiger partial charge is 0.154 e. The number of Topliss-reactive ketones (excluding diaryl/α,β-unsaturated/α-hetero) is 2. The van der Waals surface area contributed by atoms with Gasteiger partial charge in [-0.15, -0.1) is 0 Å². The molecule has 5 heteroatoms. The monoisotopic (exact) mass is 428 g/mol. The fraction of sp³-hybridized carbons (Fsp3) is 0.440. The molecule has 2 aliphatic rings. The van der Waals surface area contributed by atoms with E-state index < -0.39 is 17.2 Å². The van der Waals surface area contributed by atoms with Crippen molar-refractivity contribution in [2.75, 3.05) is 0 Å². The summed E-state index contributed by atoms with van der Waals surface area (Å²) in [6, 6.07) is 9.68. The lowest BCUT2D eigenvalue weighted by Gasteiger charge is -2.46. The second-order valence-electron chi connectivity index (χ2n) is 9.24. The Morgan fingerprint density at radius 1 is 1.10 bits per heavy atom. The quantitative estimate of drug-likeness (QED) is 0.521. The van der Waals surface area contributed by atoms with E-state index in [0.29, 0.717) is 23.5 Å². The number of benzene rings is 2. The number of carbonyl (C=O) groups excluding carboxylic acids is 2. The molecule has 2 aromatic carbocycles. The van der Waals surface area contributed by atoms with Crippen molar-refractivity contribution >= 4 is 23.2 Å². The van der Waals surface area contributed by atoms with Gasteiger partial charge in [0.1, 0.15) is 23.2 Å². The zero-order valence-corrected chi connectivity index (χ0v) is 18.5. The molecular formula is C25H26ClFO3. The highest BCUT2D eigenvalue weighted by molar-refractivity contribution is 6.30. The fourth-order valence-electron chi connectivity index (χ4n) is 5.29. The third-order valence-corrected chi connectivity index (χ3v) is 7.90. The molecule has 3 nitrogen and oxygen atoms in total. The Bertz CT molecular complexity index is 1040. The summed E-state index contributed by atoms with van der Waals surface area (Å²) in [4.78, 5) is 27.1. The third-order valence-electron chi connectivity index (χ3n) is 7.60. The first-order valence-corrected chi connectivity index (χ1v) is 10.8. The number of hydrogen-bond donors (Lipinski definition) is 0. The number of fused-ring (bicyclic) bond motifs is 2. The van der Waals surface area contributed by atoms with Crippen LogP contribution in [-0.2, 0) is 16.0 Å². The molecule has 158 valence electrons. The minimum Gasteiger partial charge on any atom is -0.457 e. The number of rotatable bonds is 4. The van der Waals surface area contributed by atoms with Gasteiger partial charge >= 0.3 is 0 Å². The molecule has 0 N–H and O–H groups in total. The van der Waals surface area contributed by atoms with E-state index >= 15 is 0 Å². The SMILES string of the molecule is CCc1ccc(Oc2ccc(Cl)c(F)c2)cc1C1C(=O)[C@@H]2CC[C@](C)(C1=O)C2(C)C. The average Bonchev–Trinajstić information content (AvgIpc) is 2.88. The topological polar surface area (TPSA) is 43.4 Å². The van der Waals surface area contributed by atoms with E-state index in [-0.39, 0.29) is 27.9 Å². The molecule has 2 aliphatic carbocycles. The summed E-state index contributed by atoms with van der Waals surface area (Å²) in [6.07, 6.45) is 2.20. The lowest BCUT2D eigenvalue weighted by atomic mass is 9.54. The molecular weight excluding hydrogens is 403 g/mol. The van der Waals surface area contributed by atoms with Crippen molar-refractivity contribution in [1.29, 1.82) is 0 Å². The maximum absolute atomic E-state index is 13.8. The second-order valence-corrected chi connectivity index (χ2v) is 9.64. The van der Waals surface area contributed by atoms with Gasteiger partial charge in [0.15, 0.2) is 11.6 Å². The molecule has 30 heavy (non-hydrogen) atoms. The standard InChI is InChI=1S/C25H26ClFO3/c1-5-14-6-7-15(30-16-8-9-19(26)20(27)13-16)12-17(14)21-22(28)18-10-11-25(4,23(21)29)24(18,2)3/h6-9,12-13,18,21H,5,10-11H2,1-4H3/t18-,21?,25+/m0/s1. The van der Waals surface area contributed by atoms with Crippen LogP contribution in [-0.4, -0.2) is 11.6 Å². The Morgan fingerprint density at radius 3 is 2.43 bits per heavy atom. The predicted molar refractivity (Wildman–Crippen MR) is 115 cm³/mol. The highest BCUT2D eigenvalue weighted by Gasteiger charge is 2.64. The Balaban J connectivity index is 1.75. The van der Waals surface area contributed by atoms with Crippen molar-refractivity contribution in [2.24, 2.45) is 16.7 Å². The molecule has 0 aliphatic heterocycles. The van der Waals surface area contributed by atoms with Crippen molar-refractivity contribution in [3.63, 3.8) is 0 Å². The number of halogens is 2. The summed E-state index contributed by atoms with van der Waals surface area (Å²) in [6.45, 7) is 8.11. The molecule has 2 saturated carbocycles. The van der Waals surface area contributed by atoms with Gasteiger partial charge in [0.25, 0.3) is 0 Å². The second kappa shape index (κ2) is 7.19. The first-order chi connectivity index (χ1) is 14.1. The number of aryl methyl sites for hydroxylation is 1. The van der Waals surface area contributed by atoms with Gasteiger partial charge in [-0.2, -0.15) is 0 Å². The van der Waals surface area contributed by atoms with Crippen molar-refractivity contribution in [3.8, 4) is 11.5 Å². The summed E-state index contributed by atoms with van der Waals surface area (Å²) < 4.78 is 19.6. The van der Waals surface area contributed by atoms with Crippen LogP contribution in [0.4, 0.5) is 4.39 Å². The minimum absolute atomic E-state index is 0.00985. The van der Waals surface area contributed by atoms with E-state index in [4.69, 9.17) is 16.3 Å². The van der Waals surface area contributed by atoms with Gasteiger partial charge in [-0.1, -0.05) is 45.4 Å². The average molecular weight is 429 g/mol. The maximum Gasteiger partial charge on any atom is 0.154 e. The summed E-state index contributed by atoms with van der Waals surface area (Å²) >= 11 is 5.75. The molecule has 0 amide bonds. The molecule has 4 rings (SSSR count). The molecule has 0 aromatic heterocycles. The predicted octanol–water partition coefficient (Wildman–Crippen LogP) is 6.51. The summed E-state index contributed by atoms with van der Waals surface area (Å²) in [5.74, 6) is -0.654. The van der Waals surface area contributed by atoms with Gasteiger partial charge < -0.3 is 4.74 Å². The maximum atomic E-state index is 13.8. The molecule has 0 radical (unpaired) electrons. The van der Waals surface area contributed by atoms with E-state index in [1.807, 2.05) is 33.8 Å². The van der Waals surface area contributed by atoms with Gasteiger partial charge in [0.2, 0.25) is 0 Å². The first-order valence-electron chi connectivity index (χ1n) is 10.4. The third kappa shape index (κ3) is 2.99. The van der Waals surface area contributed by atoms with Crippen molar-refractivity contribution in [1.82, 2.24) is 0 Å². The van der Waals surface area contributed by atoms with E-state index in [2.05, 4.69) is 0 Å². The van der Waals surface area contributed by atoms with Crippen LogP contribution in [0.2, 0.25) is 5.02 Å². The lowest BCUT2D eigenvalue weighted by Crippen LogP contribution is -2.52. The van der Waals surface area contributed by atoms with Gasteiger partial charge in [0.05, 0.1) is 5.02 Å². The fourth-order valence-corrected chi connectivity index (χ4v) is 5.40. The van der Waals surface area contributed by atoms with Crippen LogP contribution in [0.3, 0.4) is 0 Å². The Kier molecular flexibility index (Phi) is 5.05. The van der Waals surface area contributed by atoms with E-state index in [1.54, 1.807) is 18.2 Å². The Hall–Kier alpha value is -2.20. The molecule has 3 atom stereocenters. The zero-order valence-electron chi connectivity index (χ0n) is 17.7. The van der Waals surface area contributed by atoms with Crippen molar-refractivity contribution in [2.45, 2.75) is 52.9 Å². The zero-order chi connectivity index (χ0) is 21.8. The highest BCUT2D eigenvalue weighted by atomic mass is 35.5. The van der Waals surface area contributed by atoms with Crippen molar-refractivity contribution < 1.29 is 18.7 Å². The van der Waals surface area contributed by atoms with Crippen LogP contribution in [0.15, 0.2) is 36.4 Å². The molecule has 0 saturated heterocycles. The molecule has 1 unspecified atom stereocenters. The van der Waals surface area contributed by atoms with Gasteiger partial charge in [-0.05, 0) is 60.1 Å². The molecule has 0 spiro atoms. The van der Waals surface area contributed by atoms with Gasteiger partial charge in [-0.25, -0.2) is 4.39 Å². The van der Waals surface area contributed by atoms with Gasteiger partial charge in [-0.3, -0.25) is 9.59 Å². The van der Waals surface area contributed by atoms with Crippen LogP contribution >= 0.6 is 11.6 Å².